The first kappa shape index (κ1) is 19.1. The zero-order chi connectivity index (χ0) is 15.0. The lowest BCUT2D eigenvalue weighted by Gasteiger charge is -2.31. The van der Waals surface area contributed by atoms with Gasteiger partial charge in [0.05, 0.1) is 17.7 Å². The maximum atomic E-state index is 13.2. The van der Waals surface area contributed by atoms with Gasteiger partial charge in [-0.15, -0.1) is 12.4 Å². The van der Waals surface area contributed by atoms with E-state index in [1.54, 1.807) is 20.8 Å². The number of alkyl halides is 3. The van der Waals surface area contributed by atoms with Gasteiger partial charge in [-0.1, -0.05) is 20.8 Å². The van der Waals surface area contributed by atoms with Gasteiger partial charge >= 0.3 is 6.18 Å². The van der Waals surface area contributed by atoms with Crippen molar-refractivity contribution in [2.45, 2.75) is 39.1 Å². The minimum atomic E-state index is -4.65. The van der Waals surface area contributed by atoms with E-state index < -0.39 is 35.1 Å². The molecule has 1 aromatic rings. The highest BCUT2D eigenvalue weighted by molar-refractivity contribution is 5.85. The van der Waals surface area contributed by atoms with Crippen molar-refractivity contribution in [2.24, 2.45) is 11.1 Å². The van der Waals surface area contributed by atoms with Crippen LogP contribution in [0, 0.1) is 11.2 Å². The third kappa shape index (κ3) is 4.61. The summed E-state index contributed by atoms with van der Waals surface area (Å²) in [5.41, 5.74) is 3.91. The number of hydrogen-bond donors (Lipinski definition) is 2. The Bertz CT molecular complexity index is 457. The van der Waals surface area contributed by atoms with Gasteiger partial charge in [-0.3, -0.25) is 0 Å². The quantitative estimate of drug-likeness (QED) is 0.818. The summed E-state index contributed by atoms with van der Waals surface area (Å²) in [4.78, 5) is 0. The summed E-state index contributed by atoms with van der Waals surface area (Å²) in [5.74, 6) is -1.03. The van der Waals surface area contributed by atoms with E-state index in [2.05, 4.69) is 0 Å². The Hall–Kier alpha value is -0.850. The molecule has 0 aliphatic carbocycles. The molecule has 116 valence electrons. The predicted molar refractivity (Wildman–Crippen MR) is 71.0 cm³/mol. The lowest BCUT2D eigenvalue weighted by atomic mass is 9.82. The fourth-order valence-electron chi connectivity index (χ4n) is 1.69. The predicted octanol–water partition coefficient (Wildman–Crippen LogP) is 3.67. The molecular formula is C13H18ClF4NO. The first-order chi connectivity index (χ1) is 8.43. The van der Waals surface area contributed by atoms with E-state index in [9.17, 15) is 22.7 Å². The molecule has 0 aliphatic rings. The smallest absolute Gasteiger partial charge is 0.391 e. The fourth-order valence-corrected chi connectivity index (χ4v) is 1.69. The summed E-state index contributed by atoms with van der Waals surface area (Å²) >= 11 is 0. The molecule has 0 fully saturated rings. The molecule has 2 atom stereocenters. The lowest BCUT2D eigenvalue weighted by Crippen LogP contribution is -2.37. The number of hydrogen-bond acceptors (Lipinski definition) is 2. The van der Waals surface area contributed by atoms with Crippen LogP contribution in [0.3, 0.4) is 0 Å². The summed E-state index contributed by atoms with van der Waals surface area (Å²) in [7, 11) is 0. The molecule has 0 aromatic heterocycles. The van der Waals surface area contributed by atoms with Crippen molar-refractivity contribution < 1.29 is 22.7 Å². The third-order valence-electron chi connectivity index (χ3n) is 2.86. The molecule has 0 radical (unpaired) electrons. The molecule has 0 bridgehead atoms. The van der Waals surface area contributed by atoms with Crippen LogP contribution in [-0.4, -0.2) is 11.2 Å². The van der Waals surface area contributed by atoms with Crippen molar-refractivity contribution in [1.29, 1.82) is 0 Å². The maximum Gasteiger partial charge on any atom is 0.416 e. The molecule has 0 saturated carbocycles. The van der Waals surface area contributed by atoms with E-state index in [0.29, 0.717) is 6.07 Å². The van der Waals surface area contributed by atoms with Crippen molar-refractivity contribution >= 4 is 12.4 Å². The zero-order valence-corrected chi connectivity index (χ0v) is 12.1. The summed E-state index contributed by atoms with van der Waals surface area (Å²) in [5, 5.41) is 9.96. The van der Waals surface area contributed by atoms with Crippen LogP contribution in [0.1, 0.15) is 37.9 Å². The van der Waals surface area contributed by atoms with E-state index in [4.69, 9.17) is 5.73 Å². The van der Waals surface area contributed by atoms with Gasteiger partial charge in [-0.2, -0.15) is 13.2 Å². The second kappa shape index (κ2) is 6.28. The van der Waals surface area contributed by atoms with Crippen LogP contribution in [0.15, 0.2) is 18.2 Å². The average Bonchev–Trinajstić information content (AvgIpc) is 2.23. The highest BCUT2D eigenvalue weighted by Crippen LogP contribution is 2.34. The van der Waals surface area contributed by atoms with Crippen LogP contribution in [0.5, 0.6) is 0 Å². The summed E-state index contributed by atoms with van der Waals surface area (Å²) in [6, 6.07) is 0.994. The third-order valence-corrected chi connectivity index (χ3v) is 2.86. The number of benzene rings is 1. The molecule has 1 aromatic carbocycles. The van der Waals surface area contributed by atoms with E-state index in [1.165, 1.54) is 0 Å². The minimum absolute atomic E-state index is 0. The van der Waals surface area contributed by atoms with Crippen molar-refractivity contribution in [1.82, 2.24) is 0 Å². The van der Waals surface area contributed by atoms with E-state index in [0.717, 1.165) is 12.1 Å². The highest BCUT2D eigenvalue weighted by Gasteiger charge is 2.34. The second-order valence-electron chi connectivity index (χ2n) is 5.61. The van der Waals surface area contributed by atoms with Crippen LogP contribution in [0.2, 0.25) is 0 Å². The van der Waals surface area contributed by atoms with E-state index >= 15 is 0 Å². The maximum absolute atomic E-state index is 13.2. The monoisotopic (exact) mass is 315 g/mol. The van der Waals surface area contributed by atoms with Gasteiger partial charge in [-0.05, 0) is 29.2 Å². The van der Waals surface area contributed by atoms with Gasteiger partial charge in [0.25, 0.3) is 0 Å². The molecule has 3 N–H and O–H groups in total. The van der Waals surface area contributed by atoms with Gasteiger partial charge in [0.1, 0.15) is 5.82 Å². The van der Waals surface area contributed by atoms with Crippen molar-refractivity contribution in [3.8, 4) is 0 Å². The number of nitrogens with two attached hydrogens (primary N) is 1. The van der Waals surface area contributed by atoms with Gasteiger partial charge in [0.15, 0.2) is 0 Å². The fraction of sp³-hybridized carbons (Fsp3) is 0.538. The number of aliphatic hydroxyl groups excluding tert-OH is 1. The molecule has 0 unspecified atom stereocenters. The Balaban J connectivity index is 0.00000361. The van der Waals surface area contributed by atoms with Crippen LogP contribution < -0.4 is 5.73 Å². The van der Waals surface area contributed by atoms with Crippen molar-refractivity contribution in [3.05, 3.63) is 35.1 Å². The van der Waals surface area contributed by atoms with Gasteiger partial charge < -0.3 is 10.8 Å². The van der Waals surface area contributed by atoms with E-state index in [1.807, 2.05) is 0 Å². The van der Waals surface area contributed by atoms with Crippen LogP contribution in [-0.2, 0) is 6.18 Å². The molecule has 7 heteroatoms. The Labute approximate surface area is 121 Å². The van der Waals surface area contributed by atoms with Crippen molar-refractivity contribution in [2.75, 3.05) is 0 Å². The molecule has 0 heterocycles. The first-order valence-corrected chi connectivity index (χ1v) is 5.74. The van der Waals surface area contributed by atoms with Crippen molar-refractivity contribution in [3.63, 3.8) is 0 Å². The second-order valence-corrected chi connectivity index (χ2v) is 5.61. The first-order valence-electron chi connectivity index (χ1n) is 5.74. The number of rotatable bonds is 2. The molecular weight excluding hydrogens is 298 g/mol. The topological polar surface area (TPSA) is 46.2 Å². The SMILES string of the molecule is CC(C)(C)[C@@H](O)[C@@H](N)c1cc(F)cc(C(F)(F)F)c1.Cl. The Morgan fingerprint density at radius 1 is 1.10 bits per heavy atom. The summed E-state index contributed by atoms with van der Waals surface area (Å²) < 4.78 is 51.0. The normalized spacial score (nSPS) is 15.4. The standard InChI is InChI=1S/C13H17F4NO.ClH/c1-12(2,3)11(19)10(18)7-4-8(13(15,16)17)6-9(14)5-7;/h4-6,10-11,19H,18H2,1-3H3;1H/t10-,11-;/m0./s1. The van der Waals surface area contributed by atoms with Crippen LogP contribution in [0.25, 0.3) is 0 Å². The molecule has 0 aliphatic heterocycles. The molecule has 0 saturated heterocycles. The Morgan fingerprint density at radius 3 is 2.00 bits per heavy atom. The van der Waals surface area contributed by atoms with E-state index in [-0.39, 0.29) is 18.0 Å². The number of aliphatic hydroxyl groups is 1. The molecule has 2 nitrogen and oxygen atoms in total. The largest absolute Gasteiger partial charge is 0.416 e. The average molecular weight is 316 g/mol. The minimum Gasteiger partial charge on any atom is -0.391 e. The van der Waals surface area contributed by atoms with Gasteiger partial charge in [-0.25, -0.2) is 4.39 Å². The van der Waals surface area contributed by atoms with Crippen LogP contribution >= 0.6 is 12.4 Å². The molecule has 0 amide bonds. The van der Waals surface area contributed by atoms with Gasteiger partial charge in [0, 0.05) is 0 Å². The molecule has 20 heavy (non-hydrogen) atoms. The number of halogens is 5. The lowest BCUT2D eigenvalue weighted by molar-refractivity contribution is -0.137. The Morgan fingerprint density at radius 2 is 1.60 bits per heavy atom. The summed E-state index contributed by atoms with van der Waals surface area (Å²) in [6.07, 6.45) is -5.74. The van der Waals surface area contributed by atoms with Crippen LogP contribution in [0.4, 0.5) is 17.6 Å². The highest BCUT2D eigenvalue weighted by atomic mass is 35.5. The zero-order valence-electron chi connectivity index (χ0n) is 11.3. The Kier molecular flexibility index (Phi) is 6.02. The summed E-state index contributed by atoms with van der Waals surface area (Å²) in [6.45, 7) is 5.09. The molecule has 0 spiro atoms. The van der Waals surface area contributed by atoms with Gasteiger partial charge in [0.2, 0.25) is 0 Å². The molecule has 1 rings (SSSR count).